The van der Waals surface area contributed by atoms with Crippen molar-refractivity contribution in [1.82, 2.24) is 10.4 Å². The molecule has 0 aromatic heterocycles. The van der Waals surface area contributed by atoms with Gasteiger partial charge in [-0.3, -0.25) is 0 Å². The number of nitrogens with zero attached hydrogens (tertiary/aromatic N) is 1. The average Bonchev–Trinajstić information content (AvgIpc) is 2.46. The Bertz CT molecular complexity index is 350. The molecule has 19 heavy (non-hydrogen) atoms. The number of aliphatic hydroxyl groups excluding tert-OH is 1. The highest BCUT2D eigenvalue weighted by molar-refractivity contribution is 5.29. The van der Waals surface area contributed by atoms with Crippen LogP contribution in [0.4, 0.5) is 0 Å². The lowest BCUT2D eigenvalue weighted by Crippen LogP contribution is -2.45. The third kappa shape index (κ3) is 4.49. The molecule has 0 saturated heterocycles. The second-order valence-corrected chi connectivity index (χ2v) is 4.72. The molecule has 0 aliphatic heterocycles. The van der Waals surface area contributed by atoms with E-state index in [2.05, 4.69) is 31.4 Å². The van der Waals surface area contributed by atoms with Crippen LogP contribution in [-0.2, 0) is 0 Å². The largest absolute Gasteiger partial charge is 0.497 e. The molecule has 1 aromatic rings. The number of methoxy groups -OCH3 is 1. The van der Waals surface area contributed by atoms with Crippen LogP contribution in [0.1, 0.15) is 38.3 Å². The minimum atomic E-state index is 0.146. The second-order valence-electron chi connectivity index (χ2n) is 4.72. The van der Waals surface area contributed by atoms with Gasteiger partial charge in [0.05, 0.1) is 13.7 Å². The fourth-order valence-electron chi connectivity index (χ4n) is 2.11. The van der Waals surface area contributed by atoms with Gasteiger partial charge in [-0.1, -0.05) is 26.0 Å². The van der Waals surface area contributed by atoms with Crippen LogP contribution in [0.2, 0.25) is 0 Å². The molecule has 0 spiro atoms. The van der Waals surface area contributed by atoms with Crippen molar-refractivity contribution in [1.29, 1.82) is 0 Å². The third-order valence-corrected chi connectivity index (χ3v) is 3.52. The number of benzene rings is 1. The van der Waals surface area contributed by atoms with Crippen LogP contribution in [0.5, 0.6) is 5.75 Å². The van der Waals surface area contributed by atoms with Gasteiger partial charge in [-0.15, -0.1) is 0 Å². The van der Waals surface area contributed by atoms with Crippen molar-refractivity contribution < 1.29 is 9.84 Å². The number of nitrogens with one attached hydrogen (secondary N) is 1. The van der Waals surface area contributed by atoms with Crippen molar-refractivity contribution in [2.45, 2.75) is 38.8 Å². The highest BCUT2D eigenvalue weighted by Gasteiger charge is 2.16. The maximum atomic E-state index is 9.32. The standard InChI is InChI=1S/C15H26N2O2/c1-5-13(11-18)17(3)16-15(6-2)12-7-9-14(19-4)10-8-12/h7-10,13,15-16,18H,5-6,11H2,1-4H3/t13-,15-/m1/s1. The van der Waals surface area contributed by atoms with Crippen molar-refractivity contribution in [3.8, 4) is 5.75 Å². The summed E-state index contributed by atoms with van der Waals surface area (Å²) in [6.07, 6.45) is 1.90. The number of hydrogen-bond donors (Lipinski definition) is 2. The Morgan fingerprint density at radius 2 is 1.84 bits per heavy atom. The van der Waals surface area contributed by atoms with Crippen LogP contribution in [-0.4, -0.2) is 36.9 Å². The maximum Gasteiger partial charge on any atom is 0.118 e. The first-order valence-electron chi connectivity index (χ1n) is 6.90. The lowest BCUT2D eigenvalue weighted by atomic mass is 10.1. The van der Waals surface area contributed by atoms with Gasteiger partial charge in [0, 0.05) is 19.1 Å². The first-order chi connectivity index (χ1) is 9.15. The van der Waals surface area contributed by atoms with Crippen molar-refractivity contribution in [2.75, 3.05) is 20.8 Å². The Morgan fingerprint density at radius 1 is 1.21 bits per heavy atom. The molecular formula is C15H26N2O2. The summed E-state index contributed by atoms with van der Waals surface area (Å²) in [6.45, 7) is 4.39. The number of aliphatic hydroxyl groups is 1. The molecule has 2 atom stereocenters. The van der Waals surface area contributed by atoms with E-state index in [9.17, 15) is 5.11 Å². The normalized spacial score (nSPS) is 14.4. The monoisotopic (exact) mass is 266 g/mol. The number of ether oxygens (including phenoxy) is 1. The summed E-state index contributed by atoms with van der Waals surface area (Å²) in [5, 5.41) is 11.3. The predicted molar refractivity (Wildman–Crippen MR) is 78.1 cm³/mol. The molecule has 0 amide bonds. The summed E-state index contributed by atoms with van der Waals surface area (Å²) in [4.78, 5) is 0. The first-order valence-corrected chi connectivity index (χ1v) is 6.90. The minimum absolute atomic E-state index is 0.146. The minimum Gasteiger partial charge on any atom is -0.497 e. The Kier molecular flexibility index (Phi) is 6.84. The van der Waals surface area contributed by atoms with Crippen molar-refractivity contribution in [2.24, 2.45) is 0 Å². The Morgan fingerprint density at radius 3 is 2.26 bits per heavy atom. The molecular weight excluding hydrogens is 240 g/mol. The lowest BCUT2D eigenvalue weighted by Gasteiger charge is -2.30. The van der Waals surface area contributed by atoms with Crippen LogP contribution in [0.25, 0.3) is 0 Å². The van der Waals surface area contributed by atoms with Crippen molar-refractivity contribution in [3.63, 3.8) is 0 Å². The molecule has 0 heterocycles. The highest BCUT2D eigenvalue weighted by Crippen LogP contribution is 2.20. The second kappa shape index (κ2) is 8.15. The molecule has 0 aliphatic rings. The molecule has 0 aliphatic carbocycles. The summed E-state index contributed by atoms with van der Waals surface area (Å²) in [6, 6.07) is 8.50. The summed E-state index contributed by atoms with van der Waals surface area (Å²) in [5.74, 6) is 0.869. The summed E-state index contributed by atoms with van der Waals surface area (Å²) in [7, 11) is 3.65. The molecule has 1 rings (SSSR count). The fourth-order valence-corrected chi connectivity index (χ4v) is 2.11. The quantitative estimate of drug-likeness (QED) is 0.709. The molecule has 0 fully saturated rings. The third-order valence-electron chi connectivity index (χ3n) is 3.52. The van der Waals surface area contributed by atoms with E-state index in [0.717, 1.165) is 18.6 Å². The lowest BCUT2D eigenvalue weighted by molar-refractivity contribution is 0.0816. The van der Waals surface area contributed by atoms with Gasteiger partial charge in [0.1, 0.15) is 5.75 Å². The van der Waals surface area contributed by atoms with E-state index < -0.39 is 0 Å². The summed E-state index contributed by atoms with van der Waals surface area (Å²) < 4.78 is 5.17. The molecule has 108 valence electrons. The van der Waals surface area contributed by atoms with E-state index in [4.69, 9.17) is 4.74 Å². The number of hydrazine groups is 1. The Labute approximate surface area is 116 Å². The average molecular weight is 266 g/mol. The number of hydrogen-bond acceptors (Lipinski definition) is 4. The number of likely N-dealkylation sites (N-methyl/N-ethyl adjacent to an activating group) is 1. The maximum absolute atomic E-state index is 9.32. The van der Waals surface area contributed by atoms with Gasteiger partial charge in [0.15, 0.2) is 0 Å². The van der Waals surface area contributed by atoms with E-state index in [1.54, 1.807) is 7.11 Å². The summed E-state index contributed by atoms with van der Waals surface area (Å²) in [5.41, 5.74) is 4.68. The van der Waals surface area contributed by atoms with Crippen LogP contribution in [0, 0.1) is 0 Å². The molecule has 0 bridgehead atoms. The topological polar surface area (TPSA) is 44.7 Å². The van der Waals surface area contributed by atoms with Crippen molar-refractivity contribution in [3.05, 3.63) is 29.8 Å². The zero-order valence-corrected chi connectivity index (χ0v) is 12.4. The SMILES string of the molecule is CC[C@H](CO)N(C)N[C@H](CC)c1ccc(OC)cc1. The van der Waals surface area contributed by atoms with E-state index in [1.165, 1.54) is 5.56 Å². The van der Waals surface area contributed by atoms with Gasteiger partial charge in [-0.25, -0.2) is 10.4 Å². The highest BCUT2D eigenvalue weighted by atomic mass is 16.5. The van der Waals surface area contributed by atoms with Gasteiger partial charge in [0.25, 0.3) is 0 Å². The molecule has 0 unspecified atom stereocenters. The van der Waals surface area contributed by atoms with E-state index >= 15 is 0 Å². The Hall–Kier alpha value is -1.10. The zero-order chi connectivity index (χ0) is 14.3. The Balaban J connectivity index is 2.71. The van der Waals surface area contributed by atoms with Gasteiger partial charge >= 0.3 is 0 Å². The van der Waals surface area contributed by atoms with E-state index in [1.807, 2.05) is 24.2 Å². The van der Waals surface area contributed by atoms with Crippen LogP contribution < -0.4 is 10.2 Å². The fraction of sp³-hybridized carbons (Fsp3) is 0.600. The molecule has 1 aromatic carbocycles. The van der Waals surface area contributed by atoms with E-state index in [0.29, 0.717) is 0 Å². The van der Waals surface area contributed by atoms with Crippen LogP contribution in [0.15, 0.2) is 24.3 Å². The predicted octanol–water partition coefficient (Wildman–Crippen LogP) is 2.35. The molecule has 0 saturated carbocycles. The van der Waals surface area contributed by atoms with Gasteiger partial charge in [-0.2, -0.15) is 0 Å². The first kappa shape index (κ1) is 16.0. The van der Waals surface area contributed by atoms with Gasteiger partial charge in [-0.05, 0) is 30.5 Å². The van der Waals surface area contributed by atoms with Crippen molar-refractivity contribution >= 4 is 0 Å². The molecule has 0 radical (unpaired) electrons. The number of rotatable bonds is 8. The molecule has 4 heteroatoms. The van der Waals surface area contributed by atoms with E-state index in [-0.39, 0.29) is 18.7 Å². The van der Waals surface area contributed by atoms with Gasteiger partial charge < -0.3 is 9.84 Å². The molecule has 4 nitrogen and oxygen atoms in total. The summed E-state index contributed by atoms with van der Waals surface area (Å²) >= 11 is 0. The zero-order valence-electron chi connectivity index (χ0n) is 12.4. The molecule has 2 N–H and O–H groups in total. The van der Waals surface area contributed by atoms with Gasteiger partial charge in [0.2, 0.25) is 0 Å². The van der Waals surface area contributed by atoms with Crippen LogP contribution in [0.3, 0.4) is 0 Å². The van der Waals surface area contributed by atoms with Crippen LogP contribution >= 0.6 is 0 Å². The smallest absolute Gasteiger partial charge is 0.118 e.